The Labute approximate surface area is 110 Å². The van der Waals surface area contributed by atoms with E-state index < -0.39 is 6.10 Å². The number of rotatable bonds is 1. The Balaban J connectivity index is 1.98. The van der Waals surface area contributed by atoms with Crippen LogP contribution in [0.5, 0.6) is 5.75 Å². The second-order valence-electron chi connectivity index (χ2n) is 4.85. The molecule has 1 aliphatic heterocycles. The van der Waals surface area contributed by atoms with Crippen molar-refractivity contribution < 1.29 is 14.2 Å². The van der Waals surface area contributed by atoms with Gasteiger partial charge in [-0.1, -0.05) is 0 Å². The minimum absolute atomic E-state index is 0.294. The third-order valence-corrected chi connectivity index (χ3v) is 3.66. The van der Waals surface area contributed by atoms with Crippen LogP contribution in [0.3, 0.4) is 0 Å². The van der Waals surface area contributed by atoms with Crippen molar-refractivity contribution in [2.75, 3.05) is 0 Å². The Morgan fingerprint density at radius 1 is 1.42 bits per heavy atom. The van der Waals surface area contributed by atoms with Gasteiger partial charge in [0, 0.05) is 36.4 Å². The molecule has 1 aliphatic rings. The van der Waals surface area contributed by atoms with Crippen LogP contribution in [0, 0.1) is 12.7 Å². The van der Waals surface area contributed by atoms with Gasteiger partial charge in [-0.15, -0.1) is 0 Å². The standard InChI is InChI=1S/C14H15FN2O2/c1-8-11(7-16-17(8)2)14-6-12(18)10-4-3-9(15)5-13(10)19-14/h3-5,7,12,14,18H,6H2,1-2H3/t12-,14?/m1/s1. The van der Waals surface area contributed by atoms with Crippen molar-refractivity contribution in [1.29, 1.82) is 0 Å². The number of nitrogens with zero attached hydrogens (tertiary/aromatic N) is 2. The fraction of sp³-hybridized carbons (Fsp3) is 0.357. The van der Waals surface area contributed by atoms with Gasteiger partial charge in [0.05, 0.1) is 12.3 Å². The molecule has 0 radical (unpaired) electrons. The molecule has 4 nitrogen and oxygen atoms in total. The van der Waals surface area contributed by atoms with Crippen LogP contribution in [-0.4, -0.2) is 14.9 Å². The lowest BCUT2D eigenvalue weighted by Gasteiger charge is -2.29. The van der Waals surface area contributed by atoms with E-state index in [4.69, 9.17) is 4.74 Å². The zero-order chi connectivity index (χ0) is 13.6. The molecule has 0 aliphatic carbocycles. The van der Waals surface area contributed by atoms with E-state index in [1.807, 2.05) is 14.0 Å². The number of aromatic nitrogens is 2. The van der Waals surface area contributed by atoms with Crippen LogP contribution in [-0.2, 0) is 7.05 Å². The summed E-state index contributed by atoms with van der Waals surface area (Å²) in [5.41, 5.74) is 2.55. The molecule has 2 aromatic rings. The number of aliphatic hydroxyl groups is 1. The van der Waals surface area contributed by atoms with Crippen LogP contribution in [0.15, 0.2) is 24.4 Å². The topological polar surface area (TPSA) is 47.3 Å². The Bertz CT molecular complexity index is 624. The number of hydrogen-bond donors (Lipinski definition) is 1. The van der Waals surface area contributed by atoms with Gasteiger partial charge in [-0.05, 0) is 19.1 Å². The highest BCUT2D eigenvalue weighted by Crippen LogP contribution is 2.41. The molecule has 5 heteroatoms. The summed E-state index contributed by atoms with van der Waals surface area (Å²) in [6.07, 6.45) is 1.24. The molecule has 1 aromatic carbocycles. The van der Waals surface area contributed by atoms with Gasteiger partial charge in [-0.2, -0.15) is 5.10 Å². The summed E-state index contributed by atoms with van der Waals surface area (Å²) >= 11 is 0. The molecule has 3 rings (SSSR count). The first-order valence-corrected chi connectivity index (χ1v) is 6.19. The largest absolute Gasteiger partial charge is 0.485 e. The minimum Gasteiger partial charge on any atom is -0.485 e. The molecular formula is C14H15FN2O2. The number of aryl methyl sites for hydroxylation is 1. The van der Waals surface area contributed by atoms with Crippen LogP contribution in [0.2, 0.25) is 0 Å². The van der Waals surface area contributed by atoms with Crippen LogP contribution in [0.1, 0.15) is 35.4 Å². The van der Waals surface area contributed by atoms with E-state index in [-0.39, 0.29) is 11.9 Å². The van der Waals surface area contributed by atoms with Crippen molar-refractivity contribution in [1.82, 2.24) is 9.78 Å². The average Bonchev–Trinajstić information content (AvgIpc) is 2.69. The van der Waals surface area contributed by atoms with Crippen LogP contribution in [0.4, 0.5) is 4.39 Å². The van der Waals surface area contributed by atoms with Gasteiger partial charge in [0.1, 0.15) is 17.7 Å². The molecule has 100 valence electrons. The predicted molar refractivity (Wildman–Crippen MR) is 67.3 cm³/mol. The van der Waals surface area contributed by atoms with Gasteiger partial charge in [-0.3, -0.25) is 4.68 Å². The summed E-state index contributed by atoms with van der Waals surface area (Å²) in [5.74, 6) is 0.0431. The van der Waals surface area contributed by atoms with E-state index in [0.717, 1.165) is 11.3 Å². The maximum atomic E-state index is 13.3. The molecule has 0 spiro atoms. The maximum Gasteiger partial charge on any atom is 0.130 e. The molecule has 0 fully saturated rings. The summed E-state index contributed by atoms with van der Waals surface area (Å²) in [4.78, 5) is 0. The van der Waals surface area contributed by atoms with Crippen molar-refractivity contribution in [2.24, 2.45) is 7.05 Å². The lowest BCUT2D eigenvalue weighted by molar-refractivity contribution is 0.0650. The lowest BCUT2D eigenvalue weighted by atomic mass is 9.95. The van der Waals surface area contributed by atoms with Gasteiger partial charge in [-0.25, -0.2) is 4.39 Å². The SMILES string of the molecule is Cc1c(C2C[C@@H](O)c3ccc(F)cc3O2)cnn1C. The zero-order valence-electron chi connectivity index (χ0n) is 10.8. The van der Waals surface area contributed by atoms with Crippen LogP contribution in [0.25, 0.3) is 0 Å². The van der Waals surface area contributed by atoms with Crippen LogP contribution < -0.4 is 4.74 Å². The quantitative estimate of drug-likeness (QED) is 0.858. The highest BCUT2D eigenvalue weighted by molar-refractivity contribution is 5.39. The van der Waals surface area contributed by atoms with Gasteiger partial charge >= 0.3 is 0 Å². The second kappa shape index (κ2) is 4.35. The number of halogens is 1. The molecule has 2 atom stereocenters. The number of hydrogen-bond acceptors (Lipinski definition) is 3. The Morgan fingerprint density at radius 2 is 2.21 bits per heavy atom. The second-order valence-corrected chi connectivity index (χ2v) is 4.85. The Morgan fingerprint density at radius 3 is 2.89 bits per heavy atom. The normalized spacial score (nSPS) is 21.9. The van der Waals surface area contributed by atoms with Crippen molar-refractivity contribution in [3.63, 3.8) is 0 Å². The van der Waals surface area contributed by atoms with E-state index in [1.54, 1.807) is 16.9 Å². The van der Waals surface area contributed by atoms with E-state index in [0.29, 0.717) is 17.7 Å². The monoisotopic (exact) mass is 262 g/mol. The van der Waals surface area contributed by atoms with Crippen molar-refractivity contribution in [3.8, 4) is 5.75 Å². The van der Waals surface area contributed by atoms with Gasteiger partial charge in [0.25, 0.3) is 0 Å². The Kier molecular flexibility index (Phi) is 2.78. The smallest absolute Gasteiger partial charge is 0.130 e. The van der Waals surface area contributed by atoms with Crippen molar-refractivity contribution in [2.45, 2.75) is 25.6 Å². The molecule has 1 unspecified atom stereocenters. The van der Waals surface area contributed by atoms with Gasteiger partial charge < -0.3 is 9.84 Å². The third kappa shape index (κ3) is 2.00. The molecule has 1 N–H and O–H groups in total. The summed E-state index contributed by atoms with van der Waals surface area (Å²) in [7, 11) is 1.85. The summed E-state index contributed by atoms with van der Waals surface area (Å²) in [6.45, 7) is 1.94. The lowest BCUT2D eigenvalue weighted by Crippen LogP contribution is -2.19. The van der Waals surface area contributed by atoms with E-state index >= 15 is 0 Å². The van der Waals surface area contributed by atoms with Crippen LogP contribution >= 0.6 is 0 Å². The molecule has 0 amide bonds. The average molecular weight is 262 g/mol. The first-order chi connectivity index (χ1) is 9.06. The number of aliphatic hydroxyl groups excluding tert-OH is 1. The predicted octanol–water partition coefficient (Wildman–Crippen LogP) is 2.42. The highest BCUT2D eigenvalue weighted by Gasteiger charge is 2.30. The van der Waals surface area contributed by atoms with Crippen molar-refractivity contribution >= 4 is 0 Å². The van der Waals surface area contributed by atoms with E-state index in [1.165, 1.54) is 12.1 Å². The van der Waals surface area contributed by atoms with E-state index in [9.17, 15) is 9.50 Å². The zero-order valence-corrected chi connectivity index (χ0v) is 10.8. The summed E-state index contributed by atoms with van der Waals surface area (Å²) in [5, 5.41) is 14.3. The number of fused-ring (bicyclic) bond motifs is 1. The molecule has 0 saturated carbocycles. The van der Waals surface area contributed by atoms with Gasteiger partial charge in [0.15, 0.2) is 0 Å². The minimum atomic E-state index is -0.644. The molecule has 2 heterocycles. The number of ether oxygens (including phenoxy) is 1. The molecule has 1 aromatic heterocycles. The molecular weight excluding hydrogens is 247 g/mol. The highest BCUT2D eigenvalue weighted by atomic mass is 19.1. The molecule has 0 saturated heterocycles. The van der Waals surface area contributed by atoms with Gasteiger partial charge in [0.2, 0.25) is 0 Å². The number of benzene rings is 1. The fourth-order valence-corrected chi connectivity index (χ4v) is 2.44. The maximum absolute atomic E-state index is 13.3. The Hall–Kier alpha value is -1.88. The first kappa shape index (κ1) is 12.2. The van der Waals surface area contributed by atoms with E-state index in [2.05, 4.69) is 5.10 Å². The fourth-order valence-electron chi connectivity index (χ4n) is 2.44. The third-order valence-electron chi connectivity index (χ3n) is 3.66. The van der Waals surface area contributed by atoms with Crippen molar-refractivity contribution in [3.05, 3.63) is 47.0 Å². The molecule has 0 bridgehead atoms. The summed E-state index contributed by atoms with van der Waals surface area (Å²) in [6, 6.07) is 4.22. The molecule has 19 heavy (non-hydrogen) atoms. The summed E-state index contributed by atoms with van der Waals surface area (Å²) < 4.78 is 20.8. The first-order valence-electron chi connectivity index (χ1n) is 6.19.